The molecular weight excluding hydrogens is 278 g/mol. The highest BCUT2D eigenvalue weighted by molar-refractivity contribution is 7.89. The van der Waals surface area contributed by atoms with Crippen LogP contribution in [0.1, 0.15) is 52.4 Å². The van der Waals surface area contributed by atoms with Gasteiger partial charge in [-0.05, 0) is 26.7 Å². The standard InChI is InChI=1S/C14H29NO4S/c1-13(2)19-10-9-18-11-14(12-20(15,16)17)7-5-3-4-6-8-14/h13H,3-12H2,1-2H3,(H2,15,16,17). The monoisotopic (exact) mass is 307 g/mol. The quantitative estimate of drug-likeness (QED) is 0.550. The Morgan fingerprint density at radius 2 is 1.70 bits per heavy atom. The van der Waals surface area contributed by atoms with Gasteiger partial charge in [0.25, 0.3) is 0 Å². The molecule has 0 aromatic carbocycles. The van der Waals surface area contributed by atoms with Gasteiger partial charge in [-0.2, -0.15) is 0 Å². The van der Waals surface area contributed by atoms with Crippen molar-refractivity contribution in [2.45, 2.75) is 58.5 Å². The molecular formula is C14H29NO4S. The summed E-state index contributed by atoms with van der Waals surface area (Å²) in [6.07, 6.45) is 6.41. The van der Waals surface area contributed by atoms with Crippen LogP contribution in [0.3, 0.4) is 0 Å². The third kappa shape index (κ3) is 7.57. The van der Waals surface area contributed by atoms with Crippen molar-refractivity contribution in [3.63, 3.8) is 0 Å². The highest BCUT2D eigenvalue weighted by Crippen LogP contribution is 2.36. The van der Waals surface area contributed by atoms with Gasteiger partial charge in [0.1, 0.15) is 0 Å². The Hall–Kier alpha value is -0.170. The van der Waals surface area contributed by atoms with Crippen LogP contribution in [-0.2, 0) is 19.5 Å². The lowest BCUT2D eigenvalue weighted by molar-refractivity contribution is -0.00973. The van der Waals surface area contributed by atoms with E-state index in [0.29, 0.717) is 19.8 Å². The Kier molecular flexibility index (Phi) is 7.43. The van der Waals surface area contributed by atoms with Crippen molar-refractivity contribution in [1.29, 1.82) is 0 Å². The topological polar surface area (TPSA) is 78.6 Å². The first-order valence-electron chi connectivity index (χ1n) is 7.53. The maximum Gasteiger partial charge on any atom is 0.209 e. The fourth-order valence-electron chi connectivity index (χ4n) is 2.87. The molecule has 1 aliphatic rings. The zero-order chi connectivity index (χ0) is 15.1. The summed E-state index contributed by atoms with van der Waals surface area (Å²) in [5.41, 5.74) is -0.304. The molecule has 0 bridgehead atoms. The number of rotatable bonds is 8. The van der Waals surface area contributed by atoms with E-state index in [4.69, 9.17) is 14.6 Å². The van der Waals surface area contributed by atoms with Crippen LogP contribution in [0.25, 0.3) is 0 Å². The third-order valence-corrected chi connectivity index (χ3v) is 4.77. The van der Waals surface area contributed by atoms with Crippen LogP contribution < -0.4 is 5.14 Å². The van der Waals surface area contributed by atoms with Crippen LogP contribution in [0.15, 0.2) is 0 Å². The fraction of sp³-hybridized carbons (Fsp3) is 1.00. The minimum atomic E-state index is -3.47. The van der Waals surface area contributed by atoms with Gasteiger partial charge in [-0.25, -0.2) is 13.6 Å². The highest BCUT2D eigenvalue weighted by Gasteiger charge is 2.35. The first-order valence-corrected chi connectivity index (χ1v) is 9.24. The summed E-state index contributed by atoms with van der Waals surface area (Å²) in [5.74, 6) is 0.0328. The van der Waals surface area contributed by atoms with Crippen molar-refractivity contribution in [1.82, 2.24) is 0 Å². The molecule has 0 unspecified atom stereocenters. The molecule has 0 amide bonds. The summed E-state index contributed by atoms with van der Waals surface area (Å²) in [5, 5.41) is 5.26. The Bertz CT molecular complexity index is 359. The summed E-state index contributed by atoms with van der Waals surface area (Å²) in [6, 6.07) is 0. The SMILES string of the molecule is CC(C)OCCOCC1(CS(N)(=O)=O)CCCCCC1. The summed E-state index contributed by atoms with van der Waals surface area (Å²) in [7, 11) is -3.47. The predicted molar refractivity (Wildman–Crippen MR) is 80.0 cm³/mol. The fourth-order valence-corrected chi connectivity index (χ4v) is 4.09. The van der Waals surface area contributed by atoms with Gasteiger partial charge in [-0.3, -0.25) is 0 Å². The van der Waals surface area contributed by atoms with E-state index in [1.54, 1.807) is 0 Å². The summed E-state index contributed by atoms with van der Waals surface area (Å²) >= 11 is 0. The zero-order valence-corrected chi connectivity index (χ0v) is 13.6. The third-order valence-electron chi connectivity index (χ3n) is 3.76. The molecule has 6 heteroatoms. The maximum absolute atomic E-state index is 11.5. The Morgan fingerprint density at radius 1 is 1.10 bits per heavy atom. The summed E-state index contributed by atoms with van der Waals surface area (Å²) in [6.45, 7) is 5.47. The molecule has 1 saturated carbocycles. The number of sulfonamides is 1. The van der Waals surface area contributed by atoms with Crippen molar-refractivity contribution in [3.8, 4) is 0 Å². The van der Waals surface area contributed by atoms with E-state index in [0.717, 1.165) is 25.7 Å². The smallest absolute Gasteiger partial charge is 0.209 e. The zero-order valence-electron chi connectivity index (χ0n) is 12.8. The molecule has 5 nitrogen and oxygen atoms in total. The average Bonchev–Trinajstić information content (AvgIpc) is 2.52. The molecule has 2 N–H and O–H groups in total. The molecule has 20 heavy (non-hydrogen) atoms. The molecule has 0 aromatic heterocycles. The van der Waals surface area contributed by atoms with E-state index in [1.165, 1.54) is 12.8 Å². The molecule has 0 atom stereocenters. The van der Waals surface area contributed by atoms with E-state index >= 15 is 0 Å². The molecule has 1 rings (SSSR count). The van der Waals surface area contributed by atoms with Gasteiger partial charge in [0.2, 0.25) is 10.0 Å². The first kappa shape index (κ1) is 17.9. The molecule has 0 spiro atoms. The van der Waals surface area contributed by atoms with Gasteiger partial charge in [-0.1, -0.05) is 25.7 Å². The second kappa shape index (κ2) is 8.32. The molecule has 120 valence electrons. The largest absolute Gasteiger partial charge is 0.378 e. The lowest BCUT2D eigenvalue weighted by atomic mass is 9.83. The number of hydrogen-bond acceptors (Lipinski definition) is 4. The Balaban J connectivity index is 2.49. The van der Waals surface area contributed by atoms with Gasteiger partial charge < -0.3 is 9.47 Å². The normalized spacial score (nSPS) is 20.0. The number of nitrogens with two attached hydrogens (primary N) is 1. The van der Waals surface area contributed by atoms with Crippen molar-refractivity contribution in [3.05, 3.63) is 0 Å². The highest BCUT2D eigenvalue weighted by atomic mass is 32.2. The second-order valence-corrected chi connectivity index (χ2v) is 7.81. The van der Waals surface area contributed by atoms with E-state index in [-0.39, 0.29) is 17.3 Å². The summed E-state index contributed by atoms with van der Waals surface area (Å²) in [4.78, 5) is 0. The molecule has 0 aliphatic heterocycles. The van der Waals surface area contributed by atoms with E-state index in [2.05, 4.69) is 0 Å². The van der Waals surface area contributed by atoms with E-state index in [9.17, 15) is 8.42 Å². The van der Waals surface area contributed by atoms with Gasteiger partial charge >= 0.3 is 0 Å². The average molecular weight is 307 g/mol. The number of primary sulfonamides is 1. The molecule has 1 fully saturated rings. The number of hydrogen-bond donors (Lipinski definition) is 1. The lowest BCUT2D eigenvalue weighted by Gasteiger charge is -2.31. The van der Waals surface area contributed by atoms with Crippen LogP contribution in [0.2, 0.25) is 0 Å². The maximum atomic E-state index is 11.5. The predicted octanol–water partition coefficient (Wildman–Crippen LogP) is 2.06. The van der Waals surface area contributed by atoms with Gasteiger partial charge in [0, 0.05) is 5.41 Å². The Labute approximate surface area is 123 Å². The van der Waals surface area contributed by atoms with Crippen LogP contribution in [-0.4, -0.2) is 40.1 Å². The first-order chi connectivity index (χ1) is 9.33. The molecule has 1 aliphatic carbocycles. The second-order valence-electron chi connectivity index (χ2n) is 6.19. The van der Waals surface area contributed by atoms with Crippen LogP contribution >= 0.6 is 0 Å². The van der Waals surface area contributed by atoms with Crippen molar-refractivity contribution in [2.75, 3.05) is 25.6 Å². The van der Waals surface area contributed by atoms with Crippen LogP contribution in [0, 0.1) is 5.41 Å². The van der Waals surface area contributed by atoms with Crippen LogP contribution in [0.4, 0.5) is 0 Å². The summed E-state index contributed by atoms with van der Waals surface area (Å²) < 4.78 is 34.1. The van der Waals surface area contributed by atoms with E-state index < -0.39 is 10.0 Å². The molecule has 0 saturated heterocycles. The van der Waals surface area contributed by atoms with Crippen molar-refractivity contribution >= 4 is 10.0 Å². The van der Waals surface area contributed by atoms with Gasteiger partial charge in [0.15, 0.2) is 0 Å². The van der Waals surface area contributed by atoms with Crippen LogP contribution in [0.5, 0.6) is 0 Å². The van der Waals surface area contributed by atoms with E-state index in [1.807, 2.05) is 13.8 Å². The molecule has 0 heterocycles. The van der Waals surface area contributed by atoms with Gasteiger partial charge in [0.05, 0.1) is 31.7 Å². The lowest BCUT2D eigenvalue weighted by Crippen LogP contribution is -2.37. The van der Waals surface area contributed by atoms with Crippen molar-refractivity contribution < 1.29 is 17.9 Å². The molecule has 0 aromatic rings. The Morgan fingerprint density at radius 3 is 2.20 bits per heavy atom. The minimum Gasteiger partial charge on any atom is -0.378 e. The minimum absolute atomic E-state index is 0.0328. The number of ether oxygens (including phenoxy) is 2. The molecule has 0 radical (unpaired) electrons. The van der Waals surface area contributed by atoms with Gasteiger partial charge in [-0.15, -0.1) is 0 Å². The van der Waals surface area contributed by atoms with Crippen molar-refractivity contribution in [2.24, 2.45) is 10.6 Å².